The van der Waals surface area contributed by atoms with Gasteiger partial charge in [-0.3, -0.25) is 4.90 Å². The molecule has 1 aliphatic heterocycles. The molecule has 5 heteroatoms. The first-order chi connectivity index (χ1) is 8.13. The Hall–Kier alpha value is -0.650. The average molecular weight is 257 g/mol. The van der Waals surface area contributed by atoms with Gasteiger partial charge in [-0.05, 0) is 11.6 Å². The van der Waals surface area contributed by atoms with Gasteiger partial charge in [-0.15, -0.1) is 0 Å². The average Bonchev–Trinajstić information content (AvgIpc) is 2.63. The molecule has 4 N–H and O–H groups in total. The second kappa shape index (κ2) is 5.33. The highest BCUT2D eigenvalue weighted by atomic mass is 35.5. The van der Waals surface area contributed by atoms with Crippen LogP contribution in [0.4, 0.5) is 0 Å². The predicted molar refractivity (Wildman–Crippen MR) is 66.8 cm³/mol. The van der Waals surface area contributed by atoms with Crippen molar-refractivity contribution in [1.82, 2.24) is 4.90 Å². The molecule has 1 fully saturated rings. The van der Waals surface area contributed by atoms with E-state index in [0.29, 0.717) is 24.7 Å². The van der Waals surface area contributed by atoms with Crippen LogP contribution in [0.5, 0.6) is 0 Å². The minimum atomic E-state index is -0.702. The zero-order valence-electron chi connectivity index (χ0n) is 9.46. The Morgan fingerprint density at radius 3 is 2.41 bits per heavy atom. The molecule has 0 amide bonds. The molecule has 0 spiro atoms. The highest BCUT2D eigenvalue weighted by Gasteiger charge is 2.34. The molecule has 1 saturated heterocycles. The van der Waals surface area contributed by atoms with Crippen LogP contribution in [0.15, 0.2) is 24.3 Å². The molecule has 2 rings (SSSR count). The third-order valence-corrected chi connectivity index (χ3v) is 3.56. The van der Waals surface area contributed by atoms with E-state index >= 15 is 0 Å². The van der Waals surface area contributed by atoms with E-state index < -0.39 is 12.2 Å². The summed E-state index contributed by atoms with van der Waals surface area (Å²) in [5.41, 5.74) is 6.72. The van der Waals surface area contributed by atoms with Gasteiger partial charge in [0.15, 0.2) is 0 Å². The monoisotopic (exact) mass is 256 g/mol. The molecule has 0 aromatic heterocycles. The molecule has 4 nitrogen and oxygen atoms in total. The number of hydrogen-bond donors (Lipinski definition) is 3. The number of benzene rings is 1. The van der Waals surface area contributed by atoms with Crippen LogP contribution in [-0.4, -0.2) is 47.0 Å². The second-order valence-electron chi connectivity index (χ2n) is 4.36. The van der Waals surface area contributed by atoms with Crippen LogP contribution in [0.3, 0.4) is 0 Å². The standard InChI is InChI=1S/C12H17ClN2O2/c13-9-4-2-1-3-8(9)10(5-14)15-6-11(16)12(17)7-15/h1-4,10-12,16-17H,5-7,14H2. The summed E-state index contributed by atoms with van der Waals surface area (Å²) in [5, 5.41) is 19.8. The zero-order valence-corrected chi connectivity index (χ0v) is 10.2. The number of aliphatic hydroxyl groups is 2. The lowest BCUT2D eigenvalue weighted by atomic mass is 10.1. The number of β-amino-alcohol motifs (C(OH)–C–C–N with tert-alkyl or cyclic N) is 2. The van der Waals surface area contributed by atoms with E-state index in [9.17, 15) is 10.2 Å². The largest absolute Gasteiger partial charge is 0.389 e. The highest BCUT2D eigenvalue weighted by molar-refractivity contribution is 6.31. The normalized spacial score (nSPS) is 27.3. The Balaban J connectivity index is 2.20. The third-order valence-electron chi connectivity index (χ3n) is 3.22. The van der Waals surface area contributed by atoms with E-state index in [4.69, 9.17) is 17.3 Å². The molecule has 17 heavy (non-hydrogen) atoms. The first-order valence-corrected chi connectivity index (χ1v) is 6.06. The molecular weight excluding hydrogens is 240 g/mol. The number of halogens is 1. The lowest BCUT2D eigenvalue weighted by Crippen LogP contribution is -2.33. The Morgan fingerprint density at radius 1 is 1.29 bits per heavy atom. The summed E-state index contributed by atoms with van der Waals surface area (Å²) in [7, 11) is 0. The highest BCUT2D eigenvalue weighted by Crippen LogP contribution is 2.29. The summed E-state index contributed by atoms with van der Waals surface area (Å²) in [5.74, 6) is 0. The van der Waals surface area contributed by atoms with Crippen LogP contribution < -0.4 is 5.73 Å². The Kier molecular flexibility index (Phi) is 4.01. The van der Waals surface area contributed by atoms with Gasteiger partial charge >= 0.3 is 0 Å². The van der Waals surface area contributed by atoms with E-state index in [2.05, 4.69) is 0 Å². The van der Waals surface area contributed by atoms with Crippen molar-refractivity contribution >= 4 is 11.6 Å². The van der Waals surface area contributed by atoms with Crippen LogP contribution >= 0.6 is 11.6 Å². The van der Waals surface area contributed by atoms with E-state index in [1.54, 1.807) is 0 Å². The maximum atomic E-state index is 9.56. The van der Waals surface area contributed by atoms with E-state index in [0.717, 1.165) is 5.56 Å². The number of nitrogens with two attached hydrogens (primary N) is 1. The first-order valence-electron chi connectivity index (χ1n) is 5.68. The van der Waals surface area contributed by atoms with Gasteiger partial charge in [0.25, 0.3) is 0 Å². The van der Waals surface area contributed by atoms with Crippen molar-refractivity contribution in [3.8, 4) is 0 Å². The van der Waals surface area contributed by atoms with Gasteiger partial charge < -0.3 is 15.9 Å². The number of rotatable bonds is 3. The number of hydrogen-bond acceptors (Lipinski definition) is 4. The molecule has 3 atom stereocenters. The summed E-state index contributed by atoms with van der Waals surface area (Å²) >= 11 is 6.14. The SMILES string of the molecule is NCC(c1ccccc1Cl)N1CC(O)C(O)C1. The number of likely N-dealkylation sites (tertiary alicyclic amines) is 1. The summed E-state index contributed by atoms with van der Waals surface area (Å²) in [6.07, 6.45) is -1.40. The molecule has 0 radical (unpaired) electrons. The molecule has 94 valence electrons. The fraction of sp³-hybridized carbons (Fsp3) is 0.500. The molecule has 0 aliphatic carbocycles. The quantitative estimate of drug-likeness (QED) is 0.731. The second-order valence-corrected chi connectivity index (χ2v) is 4.77. The lowest BCUT2D eigenvalue weighted by molar-refractivity contribution is 0.0572. The van der Waals surface area contributed by atoms with Gasteiger partial charge in [-0.25, -0.2) is 0 Å². The summed E-state index contributed by atoms with van der Waals surface area (Å²) < 4.78 is 0. The fourth-order valence-electron chi connectivity index (χ4n) is 2.27. The Morgan fingerprint density at radius 2 is 1.88 bits per heavy atom. The molecule has 1 heterocycles. The van der Waals surface area contributed by atoms with Gasteiger partial charge in [0.1, 0.15) is 0 Å². The van der Waals surface area contributed by atoms with Crippen LogP contribution in [0, 0.1) is 0 Å². The first kappa shape index (κ1) is 12.8. The molecule has 0 bridgehead atoms. The summed E-state index contributed by atoms with van der Waals surface area (Å²) in [6, 6.07) is 7.47. The minimum absolute atomic E-state index is 0.0597. The smallest absolute Gasteiger partial charge is 0.0938 e. The number of aliphatic hydroxyl groups excluding tert-OH is 2. The minimum Gasteiger partial charge on any atom is -0.389 e. The maximum absolute atomic E-state index is 9.56. The van der Waals surface area contributed by atoms with Crippen LogP contribution in [-0.2, 0) is 0 Å². The predicted octanol–water partition coefficient (Wildman–Crippen LogP) is 0.377. The summed E-state index contributed by atoms with van der Waals surface area (Å²) in [6.45, 7) is 1.26. The zero-order chi connectivity index (χ0) is 12.4. The fourth-order valence-corrected chi connectivity index (χ4v) is 2.53. The molecule has 3 unspecified atom stereocenters. The van der Waals surface area contributed by atoms with Crippen molar-refractivity contribution in [2.24, 2.45) is 5.73 Å². The molecule has 1 aliphatic rings. The molecular formula is C12H17ClN2O2. The summed E-state index contributed by atoms with van der Waals surface area (Å²) in [4.78, 5) is 1.97. The lowest BCUT2D eigenvalue weighted by Gasteiger charge is -2.27. The van der Waals surface area contributed by atoms with Gasteiger partial charge in [0.2, 0.25) is 0 Å². The van der Waals surface area contributed by atoms with Crippen molar-refractivity contribution in [3.63, 3.8) is 0 Å². The van der Waals surface area contributed by atoms with Crippen molar-refractivity contribution in [1.29, 1.82) is 0 Å². The van der Waals surface area contributed by atoms with Crippen molar-refractivity contribution in [2.45, 2.75) is 18.2 Å². The van der Waals surface area contributed by atoms with Gasteiger partial charge in [0.05, 0.1) is 12.2 Å². The topological polar surface area (TPSA) is 69.7 Å². The van der Waals surface area contributed by atoms with Crippen molar-refractivity contribution in [3.05, 3.63) is 34.9 Å². The van der Waals surface area contributed by atoms with Crippen LogP contribution in [0.1, 0.15) is 11.6 Å². The van der Waals surface area contributed by atoms with E-state index in [1.165, 1.54) is 0 Å². The van der Waals surface area contributed by atoms with Gasteiger partial charge in [-0.1, -0.05) is 29.8 Å². The van der Waals surface area contributed by atoms with Crippen LogP contribution in [0.25, 0.3) is 0 Å². The van der Waals surface area contributed by atoms with Crippen molar-refractivity contribution in [2.75, 3.05) is 19.6 Å². The Labute approximate surface area is 106 Å². The molecule has 0 saturated carbocycles. The van der Waals surface area contributed by atoms with Gasteiger partial charge in [0, 0.05) is 30.7 Å². The number of nitrogens with zero attached hydrogens (tertiary/aromatic N) is 1. The third kappa shape index (κ3) is 2.61. The van der Waals surface area contributed by atoms with E-state index in [1.807, 2.05) is 29.2 Å². The maximum Gasteiger partial charge on any atom is 0.0938 e. The van der Waals surface area contributed by atoms with E-state index in [-0.39, 0.29) is 6.04 Å². The molecule has 1 aromatic rings. The van der Waals surface area contributed by atoms with Crippen molar-refractivity contribution < 1.29 is 10.2 Å². The molecule has 1 aromatic carbocycles. The van der Waals surface area contributed by atoms with Crippen LogP contribution in [0.2, 0.25) is 5.02 Å². The van der Waals surface area contributed by atoms with Gasteiger partial charge in [-0.2, -0.15) is 0 Å². The Bertz CT molecular complexity index is 379.